The van der Waals surface area contributed by atoms with Gasteiger partial charge in [-0.05, 0) is 36.2 Å². The zero-order valence-corrected chi connectivity index (χ0v) is 16.6. The van der Waals surface area contributed by atoms with Crippen LogP contribution in [0.25, 0.3) is 11.0 Å². The summed E-state index contributed by atoms with van der Waals surface area (Å²) in [5.74, 6) is 0.837. The van der Waals surface area contributed by atoms with Crippen LogP contribution >= 0.6 is 0 Å². The number of carbonyl (C=O) groups excluding carboxylic acids is 1. The standard InChI is InChI=1S/C25H25N3O/c1-2-11-22(27-25(29)20-14-7-4-8-15-20)24-26-21-16-9-10-17-23(21)28(24)18-19-12-5-3-6-13-19/h3-10,12-17,22H,2,11,18H2,1H3,(H,27,29)/t22-/m0/s1. The van der Waals surface area contributed by atoms with Crippen molar-refractivity contribution in [3.8, 4) is 0 Å². The molecule has 0 fully saturated rings. The summed E-state index contributed by atoms with van der Waals surface area (Å²) in [5, 5.41) is 3.22. The Labute approximate surface area is 171 Å². The summed E-state index contributed by atoms with van der Waals surface area (Å²) in [7, 11) is 0. The topological polar surface area (TPSA) is 46.9 Å². The summed E-state index contributed by atoms with van der Waals surface area (Å²) in [6.45, 7) is 2.85. The van der Waals surface area contributed by atoms with Crippen LogP contribution in [0.2, 0.25) is 0 Å². The molecule has 0 aliphatic heterocycles. The van der Waals surface area contributed by atoms with Crippen molar-refractivity contribution in [3.63, 3.8) is 0 Å². The first-order valence-corrected chi connectivity index (χ1v) is 10.1. The van der Waals surface area contributed by atoms with Crippen molar-refractivity contribution in [1.82, 2.24) is 14.9 Å². The number of nitrogens with one attached hydrogen (secondary N) is 1. The summed E-state index contributed by atoms with van der Waals surface area (Å²) in [6.07, 6.45) is 1.78. The molecule has 1 amide bonds. The van der Waals surface area contributed by atoms with Gasteiger partial charge in [0.15, 0.2) is 0 Å². The van der Waals surface area contributed by atoms with Crippen molar-refractivity contribution in [3.05, 3.63) is 102 Å². The predicted molar refractivity (Wildman–Crippen MR) is 117 cm³/mol. The molecule has 1 heterocycles. The maximum atomic E-state index is 12.8. The molecule has 0 saturated heterocycles. The maximum Gasteiger partial charge on any atom is 0.251 e. The van der Waals surface area contributed by atoms with Crippen LogP contribution < -0.4 is 5.32 Å². The van der Waals surface area contributed by atoms with Crippen LogP contribution in [0.5, 0.6) is 0 Å². The molecule has 0 bridgehead atoms. The molecule has 29 heavy (non-hydrogen) atoms. The van der Waals surface area contributed by atoms with Gasteiger partial charge in [-0.2, -0.15) is 0 Å². The fourth-order valence-corrected chi connectivity index (χ4v) is 3.68. The first-order valence-electron chi connectivity index (χ1n) is 10.1. The van der Waals surface area contributed by atoms with Crippen LogP contribution in [0.3, 0.4) is 0 Å². The van der Waals surface area contributed by atoms with Crippen LogP contribution in [0.4, 0.5) is 0 Å². The second kappa shape index (κ2) is 8.74. The van der Waals surface area contributed by atoms with Crippen molar-refractivity contribution < 1.29 is 4.79 Å². The first-order chi connectivity index (χ1) is 14.3. The largest absolute Gasteiger partial charge is 0.342 e. The van der Waals surface area contributed by atoms with Gasteiger partial charge in [-0.1, -0.05) is 74.0 Å². The van der Waals surface area contributed by atoms with Gasteiger partial charge in [0.25, 0.3) is 5.91 Å². The molecule has 1 aromatic heterocycles. The molecule has 0 radical (unpaired) electrons. The highest BCUT2D eigenvalue weighted by molar-refractivity contribution is 5.94. The van der Waals surface area contributed by atoms with Gasteiger partial charge in [0.2, 0.25) is 0 Å². The number of amides is 1. The van der Waals surface area contributed by atoms with Crippen LogP contribution in [-0.2, 0) is 6.54 Å². The van der Waals surface area contributed by atoms with E-state index in [-0.39, 0.29) is 11.9 Å². The number of imidazole rings is 1. The van der Waals surface area contributed by atoms with Gasteiger partial charge in [-0.3, -0.25) is 4.79 Å². The molecule has 4 aromatic rings. The van der Waals surface area contributed by atoms with Crippen LogP contribution in [0, 0.1) is 0 Å². The van der Waals surface area contributed by atoms with E-state index in [1.165, 1.54) is 5.56 Å². The monoisotopic (exact) mass is 383 g/mol. The number of carbonyl (C=O) groups is 1. The summed E-state index contributed by atoms with van der Waals surface area (Å²) in [6, 6.07) is 27.7. The summed E-state index contributed by atoms with van der Waals surface area (Å²) < 4.78 is 2.23. The highest BCUT2D eigenvalue weighted by atomic mass is 16.1. The van der Waals surface area contributed by atoms with E-state index in [1.54, 1.807) is 0 Å². The third-order valence-corrected chi connectivity index (χ3v) is 5.10. The van der Waals surface area contributed by atoms with Gasteiger partial charge in [-0.25, -0.2) is 4.98 Å². The van der Waals surface area contributed by atoms with E-state index in [9.17, 15) is 4.79 Å². The SMILES string of the molecule is CCC[C@H](NC(=O)c1ccccc1)c1nc2ccccc2n1Cc1ccccc1. The second-order valence-electron chi connectivity index (χ2n) is 7.21. The molecular formula is C25H25N3O. The molecule has 0 aliphatic carbocycles. The number of hydrogen-bond acceptors (Lipinski definition) is 2. The van der Waals surface area contributed by atoms with Crippen LogP contribution in [0.1, 0.15) is 47.6 Å². The Hall–Kier alpha value is -3.40. The lowest BCUT2D eigenvalue weighted by Gasteiger charge is -2.20. The van der Waals surface area contributed by atoms with Gasteiger partial charge >= 0.3 is 0 Å². The van der Waals surface area contributed by atoms with Crippen molar-refractivity contribution in [2.75, 3.05) is 0 Å². The molecule has 3 aromatic carbocycles. The minimum absolute atomic E-state index is 0.0673. The molecule has 0 spiro atoms. The van der Waals surface area contributed by atoms with Crippen molar-refractivity contribution in [2.45, 2.75) is 32.4 Å². The van der Waals surface area contributed by atoms with Crippen LogP contribution in [0.15, 0.2) is 84.9 Å². The molecule has 1 atom stereocenters. The van der Waals surface area contributed by atoms with Gasteiger partial charge in [-0.15, -0.1) is 0 Å². The summed E-state index contributed by atoms with van der Waals surface area (Å²) in [5.41, 5.74) is 3.91. The van der Waals surface area contributed by atoms with Crippen molar-refractivity contribution in [1.29, 1.82) is 0 Å². The average Bonchev–Trinajstić information content (AvgIpc) is 3.13. The van der Waals surface area contributed by atoms with Crippen LogP contribution in [-0.4, -0.2) is 15.5 Å². The average molecular weight is 383 g/mol. The molecule has 4 heteroatoms. The molecular weight excluding hydrogens is 358 g/mol. The maximum absolute atomic E-state index is 12.8. The highest BCUT2D eigenvalue weighted by Gasteiger charge is 2.22. The van der Waals surface area contributed by atoms with E-state index in [1.807, 2.05) is 54.6 Å². The van der Waals surface area contributed by atoms with E-state index in [0.29, 0.717) is 5.56 Å². The third-order valence-electron chi connectivity index (χ3n) is 5.10. The van der Waals surface area contributed by atoms with E-state index < -0.39 is 0 Å². The lowest BCUT2D eigenvalue weighted by atomic mass is 10.1. The van der Waals surface area contributed by atoms with E-state index in [4.69, 9.17) is 4.98 Å². The van der Waals surface area contributed by atoms with E-state index >= 15 is 0 Å². The Kier molecular flexibility index (Phi) is 5.71. The molecule has 4 nitrogen and oxygen atoms in total. The highest BCUT2D eigenvalue weighted by Crippen LogP contribution is 2.25. The normalized spacial score (nSPS) is 12.0. The second-order valence-corrected chi connectivity index (χ2v) is 7.21. The Morgan fingerprint density at radius 1 is 0.931 bits per heavy atom. The quantitative estimate of drug-likeness (QED) is 0.467. The molecule has 0 aliphatic rings. The smallest absolute Gasteiger partial charge is 0.251 e. The lowest BCUT2D eigenvalue weighted by Crippen LogP contribution is -2.30. The number of benzene rings is 3. The van der Waals surface area contributed by atoms with Gasteiger partial charge in [0, 0.05) is 12.1 Å². The van der Waals surface area contributed by atoms with E-state index in [2.05, 4.69) is 47.1 Å². The third kappa shape index (κ3) is 4.21. The lowest BCUT2D eigenvalue weighted by molar-refractivity contribution is 0.0932. The Morgan fingerprint density at radius 2 is 1.59 bits per heavy atom. The number of fused-ring (bicyclic) bond motifs is 1. The molecule has 4 rings (SSSR count). The number of hydrogen-bond donors (Lipinski definition) is 1. The number of rotatable bonds is 7. The first kappa shape index (κ1) is 18.9. The Balaban J connectivity index is 1.73. The molecule has 0 unspecified atom stereocenters. The minimum atomic E-state index is -0.149. The fourth-order valence-electron chi connectivity index (χ4n) is 3.68. The number of nitrogens with zero attached hydrogens (tertiary/aromatic N) is 2. The molecule has 1 N–H and O–H groups in total. The van der Waals surface area contributed by atoms with E-state index in [0.717, 1.165) is 36.2 Å². The van der Waals surface area contributed by atoms with Gasteiger partial charge in [0.1, 0.15) is 5.82 Å². The van der Waals surface area contributed by atoms with Crippen molar-refractivity contribution in [2.24, 2.45) is 0 Å². The summed E-state index contributed by atoms with van der Waals surface area (Å²) in [4.78, 5) is 17.8. The zero-order chi connectivity index (χ0) is 20.1. The van der Waals surface area contributed by atoms with Crippen molar-refractivity contribution >= 4 is 16.9 Å². The minimum Gasteiger partial charge on any atom is -0.342 e. The fraction of sp³-hybridized carbons (Fsp3) is 0.200. The van der Waals surface area contributed by atoms with Gasteiger partial charge in [0.05, 0.1) is 17.1 Å². The van der Waals surface area contributed by atoms with Gasteiger partial charge < -0.3 is 9.88 Å². The zero-order valence-electron chi connectivity index (χ0n) is 16.6. The molecule has 146 valence electrons. The Bertz CT molecular complexity index is 1090. The summed E-state index contributed by atoms with van der Waals surface area (Å²) >= 11 is 0. The predicted octanol–water partition coefficient (Wildman–Crippen LogP) is 5.36. The molecule has 0 saturated carbocycles. The Morgan fingerprint density at radius 3 is 2.31 bits per heavy atom. The number of para-hydroxylation sites is 2. The number of aromatic nitrogens is 2.